The van der Waals surface area contributed by atoms with Crippen LogP contribution in [0.15, 0.2) is 24.3 Å². The number of cyclic esters (lactones) is 2. The highest BCUT2D eigenvalue weighted by molar-refractivity contribution is 6.05. The number of Topliss-reactive ketones (excluding diaryl/α,β-unsaturated/α-hetero) is 1. The Morgan fingerprint density at radius 1 is 0.859 bits per heavy atom. The lowest BCUT2D eigenvalue weighted by molar-refractivity contribution is -0.163. The van der Waals surface area contributed by atoms with Crippen LogP contribution in [0, 0.1) is 29.6 Å². The average Bonchev–Trinajstić information content (AvgIpc) is 4.13. The summed E-state index contributed by atoms with van der Waals surface area (Å²) in [7, 11) is 4.37. The fourth-order valence-electron chi connectivity index (χ4n) is 10.5. The number of nitrogens with zero attached hydrogens (tertiary/aromatic N) is 4. The Balaban J connectivity index is 1.89. The van der Waals surface area contributed by atoms with Crippen LogP contribution in [0.1, 0.15) is 140 Å². The number of likely N-dealkylation sites (tertiary alicyclic amines) is 1. The third-order valence-electron chi connectivity index (χ3n) is 15.5. The predicted molar refractivity (Wildman–Crippen MR) is 289 cm³/mol. The van der Waals surface area contributed by atoms with Gasteiger partial charge in [0.15, 0.2) is 11.9 Å². The maximum atomic E-state index is 15.0. The SMILES string of the molecule is CCC(=O)N1CCC[C@H]1C(=O)N(C)[C@H](CC(C)C)C(=O)N[C@H]1C(=O)N[C@@H]([C@@H](C)CC)[C@@H](O)CC(=O)O[C@@H](C(C)C)C(=O)[C@H](C)C(=O)N[C@@H](CC(C)C)C(=O)N2CCC[C@H]2C(=O)N(C)[C@@H](Cc2ccc(OC)cc2)C(=O)O[C@@H]1C. The Kier molecular flexibility index (Phi) is 24.1. The Morgan fingerprint density at radius 2 is 1.50 bits per heavy atom. The van der Waals surface area contributed by atoms with E-state index in [1.54, 1.807) is 58.9 Å². The molecule has 0 aliphatic carbocycles. The Bertz CT molecular complexity index is 2290. The zero-order chi connectivity index (χ0) is 58.5. The van der Waals surface area contributed by atoms with E-state index in [1.807, 2.05) is 27.7 Å². The minimum Gasteiger partial charge on any atom is -0.497 e. The summed E-state index contributed by atoms with van der Waals surface area (Å²) in [5, 5.41) is 20.2. The lowest BCUT2D eigenvalue weighted by Crippen LogP contribution is -2.62. The average molecular weight is 1100 g/mol. The maximum Gasteiger partial charge on any atom is 0.329 e. The summed E-state index contributed by atoms with van der Waals surface area (Å²) < 4.78 is 17.3. The van der Waals surface area contributed by atoms with Crippen LogP contribution in [-0.2, 0) is 63.8 Å². The molecule has 78 heavy (non-hydrogen) atoms. The van der Waals surface area contributed by atoms with Crippen LogP contribution in [0.3, 0.4) is 0 Å². The van der Waals surface area contributed by atoms with Gasteiger partial charge in [0.2, 0.25) is 41.4 Å². The number of ketones is 1. The molecular weight excluding hydrogens is 1010 g/mol. The van der Waals surface area contributed by atoms with E-state index in [-0.39, 0.29) is 56.4 Å². The van der Waals surface area contributed by atoms with E-state index in [2.05, 4.69) is 16.0 Å². The van der Waals surface area contributed by atoms with Crippen molar-refractivity contribution in [1.29, 1.82) is 0 Å². The summed E-state index contributed by atoms with van der Waals surface area (Å²) in [5.41, 5.74) is 0.585. The fourth-order valence-corrected chi connectivity index (χ4v) is 10.5. The second kappa shape index (κ2) is 29.2. The third-order valence-corrected chi connectivity index (χ3v) is 15.5. The number of carbonyl (C=O) groups is 10. The van der Waals surface area contributed by atoms with Crippen LogP contribution in [0.25, 0.3) is 0 Å². The maximum absolute atomic E-state index is 15.0. The van der Waals surface area contributed by atoms with Crippen molar-refractivity contribution >= 4 is 59.1 Å². The highest BCUT2D eigenvalue weighted by Crippen LogP contribution is 2.27. The number of methoxy groups -OCH3 is 1. The molecule has 1 aromatic rings. The van der Waals surface area contributed by atoms with E-state index < -0.39 is 138 Å². The molecule has 0 spiro atoms. The van der Waals surface area contributed by atoms with E-state index >= 15 is 0 Å². The summed E-state index contributed by atoms with van der Waals surface area (Å²) in [5.74, 6) is -9.45. The van der Waals surface area contributed by atoms with E-state index in [9.17, 15) is 53.1 Å². The van der Waals surface area contributed by atoms with E-state index in [4.69, 9.17) is 14.2 Å². The Labute approximate surface area is 460 Å². The van der Waals surface area contributed by atoms with Gasteiger partial charge in [-0.05, 0) is 93.7 Å². The van der Waals surface area contributed by atoms with Crippen LogP contribution in [-0.4, -0.2) is 179 Å². The summed E-state index contributed by atoms with van der Waals surface area (Å²) in [4.78, 5) is 149. The molecule has 0 radical (unpaired) electrons. The molecule has 3 aliphatic rings. The molecule has 4 N–H and O–H groups in total. The highest BCUT2D eigenvalue weighted by atomic mass is 16.6. The molecule has 3 heterocycles. The first kappa shape index (κ1) is 64.4. The number of hydrogen-bond acceptors (Lipinski definition) is 14. The molecule has 12 atom stereocenters. The molecule has 0 aromatic heterocycles. The summed E-state index contributed by atoms with van der Waals surface area (Å²) >= 11 is 0. The molecule has 3 fully saturated rings. The van der Waals surface area contributed by atoms with Crippen LogP contribution in [0.5, 0.6) is 5.75 Å². The van der Waals surface area contributed by atoms with Gasteiger partial charge in [0.05, 0.1) is 31.6 Å². The Morgan fingerprint density at radius 3 is 2.08 bits per heavy atom. The normalized spacial score (nSPS) is 27.5. The zero-order valence-electron chi connectivity index (χ0n) is 48.5. The van der Waals surface area contributed by atoms with Gasteiger partial charge in [-0.3, -0.25) is 43.2 Å². The van der Waals surface area contributed by atoms with E-state index in [1.165, 1.54) is 54.7 Å². The van der Waals surface area contributed by atoms with Crippen molar-refractivity contribution in [2.75, 3.05) is 34.3 Å². The first-order valence-electron chi connectivity index (χ1n) is 28.0. The van der Waals surface area contributed by atoms with Gasteiger partial charge in [-0.15, -0.1) is 0 Å². The topological polar surface area (TPSA) is 268 Å². The van der Waals surface area contributed by atoms with Gasteiger partial charge in [-0.2, -0.15) is 0 Å². The number of rotatable bonds is 15. The van der Waals surface area contributed by atoms with Crippen LogP contribution in [0.4, 0.5) is 0 Å². The number of fused-ring (bicyclic) bond motifs is 1. The summed E-state index contributed by atoms with van der Waals surface area (Å²) in [6.45, 7) is 19.1. The minimum atomic E-state index is -1.73. The molecular formula is C57H89N7O14. The van der Waals surface area contributed by atoms with Gasteiger partial charge in [0.1, 0.15) is 48.1 Å². The van der Waals surface area contributed by atoms with Gasteiger partial charge in [0, 0.05) is 40.0 Å². The number of benzene rings is 1. The molecule has 436 valence electrons. The van der Waals surface area contributed by atoms with Crippen LogP contribution in [0.2, 0.25) is 0 Å². The third kappa shape index (κ3) is 16.5. The van der Waals surface area contributed by atoms with Gasteiger partial charge in [-0.1, -0.05) is 80.9 Å². The number of nitrogens with one attached hydrogen (secondary N) is 3. The van der Waals surface area contributed by atoms with E-state index in [0.717, 1.165) is 0 Å². The second-order valence-electron chi connectivity index (χ2n) is 22.7. The van der Waals surface area contributed by atoms with Crippen molar-refractivity contribution in [3.63, 3.8) is 0 Å². The summed E-state index contributed by atoms with van der Waals surface area (Å²) in [6, 6.07) is -1.79. The van der Waals surface area contributed by atoms with Crippen LogP contribution < -0.4 is 20.7 Å². The molecule has 21 heteroatoms. The number of aliphatic hydroxyl groups excluding tert-OH is 1. The second-order valence-corrected chi connectivity index (χ2v) is 22.7. The fraction of sp³-hybridized carbons (Fsp3) is 0.719. The summed E-state index contributed by atoms with van der Waals surface area (Å²) in [6.07, 6.45) is -3.00. The zero-order valence-corrected chi connectivity index (χ0v) is 48.5. The lowest BCUT2D eigenvalue weighted by Gasteiger charge is -2.36. The standard InChI is InChI=1S/C57H89N7O14/c1-15-34(9)47-44(65)30-46(67)78-50(33(7)8)49(68)35(10)51(69)58-39(27-31(3)4)54(72)64-26-18-20-41(64)56(74)62(13)43(29-37-21-23-38(76-14)24-22-37)57(75)77-36(11)48(53(71)59-47)60-52(70)42(28-32(5)6)61(12)55(73)40-19-17-25-63(40)45(66)16-2/h21-24,31-36,39-44,47-48,50,65H,15-20,25-30H2,1-14H3,(H,58,69)(H,59,71)(H,60,70)/t34-,35-,36+,39-,40-,41-,42+,43-,44-,47-,48+,50-/m0/s1. The molecule has 3 saturated heterocycles. The molecule has 21 nitrogen and oxygen atoms in total. The number of aliphatic hydroxyl groups is 1. The van der Waals surface area contributed by atoms with Gasteiger partial charge < -0.3 is 54.9 Å². The van der Waals surface area contributed by atoms with Crippen molar-refractivity contribution in [2.24, 2.45) is 29.6 Å². The lowest BCUT2D eigenvalue weighted by atomic mass is 9.91. The van der Waals surface area contributed by atoms with Gasteiger partial charge >= 0.3 is 11.9 Å². The van der Waals surface area contributed by atoms with E-state index in [0.29, 0.717) is 43.5 Å². The smallest absolute Gasteiger partial charge is 0.329 e. The largest absolute Gasteiger partial charge is 0.497 e. The monoisotopic (exact) mass is 1100 g/mol. The molecule has 0 saturated carbocycles. The first-order valence-corrected chi connectivity index (χ1v) is 28.0. The number of likely N-dealkylation sites (N-methyl/N-ethyl adjacent to an activating group) is 2. The van der Waals surface area contributed by atoms with Crippen molar-refractivity contribution in [2.45, 2.75) is 201 Å². The number of carbonyl (C=O) groups excluding carboxylic acids is 10. The van der Waals surface area contributed by atoms with Crippen molar-refractivity contribution in [1.82, 2.24) is 35.6 Å². The number of esters is 2. The van der Waals surface area contributed by atoms with Crippen LogP contribution >= 0.6 is 0 Å². The minimum absolute atomic E-state index is 0.114. The first-order chi connectivity index (χ1) is 36.7. The molecule has 0 unspecified atom stereocenters. The number of ether oxygens (including phenoxy) is 3. The molecule has 0 bridgehead atoms. The number of amides is 7. The van der Waals surface area contributed by atoms with Crippen molar-refractivity contribution in [3.8, 4) is 5.75 Å². The predicted octanol–water partition coefficient (Wildman–Crippen LogP) is 3.35. The van der Waals surface area contributed by atoms with Gasteiger partial charge in [0.25, 0.3) is 0 Å². The van der Waals surface area contributed by atoms with Crippen molar-refractivity contribution < 1.29 is 67.3 Å². The molecule has 1 aromatic carbocycles. The molecule has 3 aliphatic heterocycles. The van der Waals surface area contributed by atoms with Gasteiger partial charge in [-0.25, -0.2) is 4.79 Å². The highest BCUT2D eigenvalue weighted by Gasteiger charge is 2.46. The quantitative estimate of drug-likeness (QED) is 0.145. The Hall–Kier alpha value is -6.12. The molecule has 4 rings (SSSR count). The number of hydrogen-bond donors (Lipinski definition) is 4. The van der Waals surface area contributed by atoms with Crippen molar-refractivity contribution in [3.05, 3.63) is 29.8 Å². The molecule has 7 amide bonds.